The molecule has 1 saturated heterocycles. The van der Waals surface area contributed by atoms with Crippen molar-refractivity contribution in [3.8, 4) is 11.1 Å². The van der Waals surface area contributed by atoms with Crippen molar-refractivity contribution in [2.75, 3.05) is 13.1 Å². The maximum Gasteiger partial charge on any atom is 0.243 e. The van der Waals surface area contributed by atoms with Gasteiger partial charge in [0.05, 0.1) is 15.0 Å². The first-order valence-electron chi connectivity index (χ1n) is 9.13. The maximum absolute atomic E-state index is 12.9. The smallest absolute Gasteiger partial charge is 0.223 e. The molecule has 0 atom stereocenters. The lowest BCUT2D eigenvalue weighted by Gasteiger charge is -2.37. The highest BCUT2D eigenvalue weighted by atomic mass is 35.5. The molecule has 162 valence electrons. The summed E-state index contributed by atoms with van der Waals surface area (Å²) in [6, 6.07) is 17.2. The van der Waals surface area contributed by atoms with Crippen LogP contribution in [0, 0.1) is 0 Å². The summed E-state index contributed by atoms with van der Waals surface area (Å²) >= 11 is 17.9. The van der Waals surface area contributed by atoms with E-state index in [2.05, 4.69) is 0 Å². The van der Waals surface area contributed by atoms with E-state index < -0.39 is 25.1 Å². The fourth-order valence-electron chi connectivity index (χ4n) is 3.30. The second-order valence-electron chi connectivity index (χ2n) is 7.13. The molecule has 0 aliphatic carbocycles. The van der Waals surface area contributed by atoms with E-state index in [0.717, 1.165) is 15.4 Å². The molecule has 0 bridgehead atoms. The van der Waals surface area contributed by atoms with Crippen LogP contribution in [0.4, 0.5) is 0 Å². The second kappa shape index (κ2) is 8.39. The molecule has 0 saturated carbocycles. The van der Waals surface area contributed by atoms with Gasteiger partial charge in [0.15, 0.2) is 9.84 Å². The Morgan fingerprint density at radius 2 is 1.16 bits per heavy atom. The molecule has 10 heteroatoms. The predicted octanol–water partition coefficient (Wildman–Crippen LogP) is 5.16. The zero-order valence-corrected chi connectivity index (χ0v) is 19.8. The summed E-state index contributed by atoms with van der Waals surface area (Å²) in [6.45, 7) is -0.197. The Morgan fingerprint density at radius 3 is 1.71 bits per heavy atom. The van der Waals surface area contributed by atoms with Gasteiger partial charge in [0.1, 0.15) is 0 Å². The molecule has 4 rings (SSSR count). The molecule has 0 N–H and O–H groups in total. The van der Waals surface area contributed by atoms with Crippen LogP contribution in [0.5, 0.6) is 0 Å². The summed E-state index contributed by atoms with van der Waals surface area (Å²) in [5.41, 5.74) is 1.52. The minimum atomic E-state index is -3.80. The Bertz CT molecular complexity index is 1310. The Hall–Kier alpha value is -1.61. The van der Waals surface area contributed by atoms with Crippen LogP contribution < -0.4 is 0 Å². The van der Waals surface area contributed by atoms with Crippen molar-refractivity contribution in [1.82, 2.24) is 4.31 Å². The van der Waals surface area contributed by atoms with Gasteiger partial charge in [-0.05, 0) is 65.7 Å². The summed E-state index contributed by atoms with van der Waals surface area (Å²) < 4.78 is 52.4. The number of benzene rings is 3. The highest BCUT2D eigenvalue weighted by Crippen LogP contribution is 2.31. The topological polar surface area (TPSA) is 71.5 Å². The van der Waals surface area contributed by atoms with Crippen LogP contribution in [-0.2, 0) is 19.9 Å². The molecule has 1 aliphatic heterocycles. The summed E-state index contributed by atoms with van der Waals surface area (Å²) in [5.74, 6) is 0. The summed E-state index contributed by atoms with van der Waals surface area (Å²) in [6.07, 6.45) is 0. The fraction of sp³-hybridized carbons (Fsp3) is 0.143. The third-order valence-electron chi connectivity index (χ3n) is 5.08. The molecule has 3 aromatic carbocycles. The van der Waals surface area contributed by atoms with Gasteiger partial charge in [0.25, 0.3) is 0 Å². The zero-order valence-electron chi connectivity index (χ0n) is 15.9. The lowest BCUT2D eigenvalue weighted by Crippen LogP contribution is -2.56. The van der Waals surface area contributed by atoms with Crippen molar-refractivity contribution in [1.29, 1.82) is 0 Å². The number of hydrogen-bond acceptors (Lipinski definition) is 4. The lowest BCUT2D eigenvalue weighted by molar-refractivity contribution is 0.309. The molecule has 3 aromatic rings. The first-order chi connectivity index (χ1) is 14.6. The van der Waals surface area contributed by atoms with E-state index in [0.29, 0.717) is 15.1 Å². The summed E-state index contributed by atoms with van der Waals surface area (Å²) in [5, 5.41) is 0.594. The molecular weight excluding hydrogens is 501 g/mol. The van der Waals surface area contributed by atoms with Gasteiger partial charge in [-0.2, -0.15) is 4.31 Å². The van der Waals surface area contributed by atoms with Gasteiger partial charge < -0.3 is 0 Å². The minimum Gasteiger partial charge on any atom is -0.223 e. The summed E-state index contributed by atoms with van der Waals surface area (Å²) in [4.78, 5) is 0.218. The fourth-order valence-corrected chi connectivity index (χ4v) is 7.32. The van der Waals surface area contributed by atoms with Crippen molar-refractivity contribution in [2.24, 2.45) is 0 Å². The molecule has 0 aromatic heterocycles. The van der Waals surface area contributed by atoms with E-state index in [-0.39, 0.29) is 22.9 Å². The van der Waals surface area contributed by atoms with Gasteiger partial charge in [-0.1, -0.05) is 46.9 Å². The van der Waals surface area contributed by atoms with Crippen LogP contribution >= 0.6 is 34.8 Å². The maximum atomic E-state index is 12.9. The van der Waals surface area contributed by atoms with Gasteiger partial charge in [-0.3, -0.25) is 0 Å². The summed E-state index contributed by atoms with van der Waals surface area (Å²) in [7, 11) is -7.44. The van der Waals surface area contributed by atoms with E-state index in [9.17, 15) is 16.8 Å². The van der Waals surface area contributed by atoms with Gasteiger partial charge in [-0.15, -0.1) is 0 Å². The molecule has 1 heterocycles. The number of sulfone groups is 1. The van der Waals surface area contributed by atoms with Crippen molar-refractivity contribution in [3.63, 3.8) is 0 Å². The lowest BCUT2D eigenvalue weighted by atomic mass is 10.1. The Balaban J connectivity index is 1.50. The van der Waals surface area contributed by atoms with E-state index in [4.69, 9.17) is 34.8 Å². The largest absolute Gasteiger partial charge is 0.243 e. The van der Waals surface area contributed by atoms with Crippen LogP contribution in [-0.4, -0.2) is 39.5 Å². The van der Waals surface area contributed by atoms with Gasteiger partial charge in [0, 0.05) is 28.2 Å². The Morgan fingerprint density at radius 1 is 0.645 bits per heavy atom. The standard InChI is InChI=1S/C21H16Cl3NO4S2/c22-16-3-7-19(8-4-16)30(26,27)21-12-25(13-21)31(28,29)20-5-1-14(2-6-20)15-9-17(23)11-18(24)10-15/h1-11,21H,12-13H2. The van der Waals surface area contributed by atoms with E-state index in [1.165, 1.54) is 36.4 Å². The van der Waals surface area contributed by atoms with Gasteiger partial charge in [-0.25, -0.2) is 16.8 Å². The van der Waals surface area contributed by atoms with Gasteiger partial charge in [0.2, 0.25) is 10.0 Å². The first kappa shape index (κ1) is 22.6. The number of sulfonamides is 1. The minimum absolute atomic E-state index is 0.0896. The van der Waals surface area contributed by atoms with Crippen LogP contribution in [0.3, 0.4) is 0 Å². The number of nitrogens with zero attached hydrogens (tertiary/aromatic N) is 1. The molecule has 1 aliphatic rings. The van der Waals surface area contributed by atoms with E-state index >= 15 is 0 Å². The van der Waals surface area contributed by atoms with Crippen molar-refractivity contribution < 1.29 is 16.8 Å². The molecule has 5 nitrogen and oxygen atoms in total. The van der Waals surface area contributed by atoms with Gasteiger partial charge >= 0.3 is 0 Å². The first-order valence-corrected chi connectivity index (χ1v) is 13.3. The molecule has 0 unspecified atom stereocenters. The van der Waals surface area contributed by atoms with Crippen molar-refractivity contribution >= 4 is 54.7 Å². The highest BCUT2D eigenvalue weighted by Gasteiger charge is 2.44. The normalized spacial score (nSPS) is 15.6. The van der Waals surface area contributed by atoms with E-state index in [1.54, 1.807) is 30.3 Å². The van der Waals surface area contributed by atoms with Crippen molar-refractivity contribution in [3.05, 3.63) is 81.8 Å². The average Bonchev–Trinajstić information content (AvgIpc) is 2.66. The van der Waals surface area contributed by atoms with Crippen LogP contribution in [0.15, 0.2) is 76.5 Å². The SMILES string of the molecule is O=S(=O)(c1ccc(Cl)cc1)C1CN(S(=O)(=O)c2ccc(-c3cc(Cl)cc(Cl)c3)cc2)C1. The number of rotatable bonds is 5. The van der Waals surface area contributed by atoms with E-state index in [1.807, 2.05) is 0 Å². The zero-order chi connectivity index (χ0) is 22.4. The molecule has 0 radical (unpaired) electrons. The quantitative estimate of drug-likeness (QED) is 0.469. The number of hydrogen-bond donors (Lipinski definition) is 0. The van der Waals surface area contributed by atoms with Crippen molar-refractivity contribution in [2.45, 2.75) is 15.0 Å². The average molecular weight is 517 g/mol. The molecular formula is C21H16Cl3NO4S2. The monoisotopic (exact) mass is 515 g/mol. The van der Waals surface area contributed by atoms with Crippen LogP contribution in [0.1, 0.15) is 0 Å². The third-order valence-corrected chi connectivity index (χ3v) is 9.72. The molecule has 0 amide bonds. The molecule has 31 heavy (non-hydrogen) atoms. The Kier molecular flexibility index (Phi) is 6.11. The van der Waals surface area contributed by atoms with Crippen LogP contribution in [0.25, 0.3) is 11.1 Å². The Labute approximate surface area is 196 Å². The second-order valence-corrected chi connectivity index (χ2v) is 12.6. The number of halogens is 3. The molecule has 0 spiro atoms. The highest BCUT2D eigenvalue weighted by molar-refractivity contribution is 7.92. The molecule has 1 fully saturated rings. The third kappa shape index (κ3) is 4.49. The predicted molar refractivity (Wildman–Crippen MR) is 123 cm³/mol. The van der Waals surface area contributed by atoms with Crippen LogP contribution in [0.2, 0.25) is 15.1 Å².